The Morgan fingerprint density at radius 1 is 1.37 bits per heavy atom. The quantitative estimate of drug-likeness (QED) is 0.930. The van der Waals surface area contributed by atoms with E-state index in [0.717, 1.165) is 5.56 Å². The first-order valence-electron chi connectivity index (χ1n) is 6.05. The summed E-state index contributed by atoms with van der Waals surface area (Å²) in [6.07, 6.45) is 0. The number of carbonyl (C=O) groups is 1. The minimum absolute atomic E-state index is 0.0634. The number of aromatic nitrogens is 2. The minimum atomic E-state index is -1.06. The fourth-order valence-corrected chi connectivity index (χ4v) is 2.17. The molecule has 0 unspecified atom stereocenters. The summed E-state index contributed by atoms with van der Waals surface area (Å²) in [4.78, 5) is 11.4. The van der Waals surface area contributed by atoms with Gasteiger partial charge in [-0.3, -0.25) is 4.68 Å². The molecule has 0 saturated carbocycles. The van der Waals surface area contributed by atoms with Gasteiger partial charge in [0.05, 0.1) is 0 Å². The molecule has 0 fully saturated rings. The summed E-state index contributed by atoms with van der Waals surface area (Å²) in [5, 5.41) is 13.8. The van der Waals surface area contributed by atoms with E-state index >= 15 is 0 Å². The van der Waals surface area contributed by atoms with Gasteiger partial charge in [0.2, 0.25) is 0 Å². The summed E-state index contributed by atoms with van der Waals surface area (Å²) < 4.78 is 1.55. The number of hydrogen-bond acceptors (Lipinski definition) is 2. The van der Waals surface area contributed by atoms with E-state index in [9.17, 15) is 9.90 Å². The molecule has 1 N–H and O–H groups in total. The van der Waals surface area contributed by atoms with E-state index in [2.05, 4.69) is 5.10 Å². The van der Waals surface area contributed by atoms with E-state index in [4.69, 9.17) is 11.6 Å². The van der Waals surface area contributed by atoms with Crippen molar-refractivity contribution in [1.82, 2.24) is 9.78 Å². The molecule has 0 radical (unpaired) electrons. The van der Waals surface area contributed by atoms with Crippen LogP contribution in [0.15, 0.2) is 30.3 Å². The van der Waals surface area contributed by atoms with Crippen molar-refractivity contribution in [2.45, 2.75) is 20.4 Å². The van der Waals surface area contributed by atoms with Gasteiger partial charge in [-0.2, -0.15) is 5.10 Å². The molecule has 19 heavy (non-hydrogen) atoms. The number of nitrogens with zero attached hydrogens (tertiary/aromatic N) is 2. The van der Waals surface area contributed by atoms with Crippen molar-refractivity contribution in [1.29, 1.82) is 0 Å². The number of hydrogen-bond donors (Lipinski definition) is 1. The van der Waals surface area contributed by atoms with Gasteiger partial charge in [-0.25, -0.2) is 4.79 Å². The van der Waals surface area contributed by atoms with E-state index in [1.54, 1.807) is 4.68 Å². The van der Waals surface area contributed by atoms with Crippen LogP contribution in [0.2, 0.25) is 5.15 Å². The van der Waals surface area contributed by atoms with Gasteiger partial charge in [0.25, 0.3) is 0 Å². The summed E-state index contributed by atoms with van der Waals surface area (Å²) >= 11 is 6.14. The molecule has 0 amide bonds. The molecule has 0 spiro atoms. The highest BCUT2D eigenvalue weighted by Gasteiger charge is 2.23. The molecule has 0 aliphatic carbocycles. The Labute approximate surface area is 116 Å². The molecule has 5 heteroatoms. The summed E-state index contributed by atoms with van der Waals surface area (Å²) in [5.41, 5.74) is 1.23. The highest BCUT2D eigenvalue weighted by Crippen LogP contribution is 2.29. The van der Waals surface area contributed by atoms with Crippen LogP contribution in [0, 0.1) is 5.92 Å². The summed E-state index contributed by atoms with van der Waals surface area (Å²) in [6, 6.07) is 9.21. The lowest BCUT2D eigenvalue weighted by molar-refractivity contribution is 0.0697. The van der Waals surface area contributed by atoms with Crippen LogP contribution in [-0.4, -0.2) is 20.9 Å². The number of aromatic carboxylic acids is 1. The molecule has 0 aliphatic rings. The van der Waals surface area contributed by atoms with Crippen LogP contribution in [0.4, 0.5) is 0 Å². The largest absolute Gasteiger partial charge is 0.478 e. The topological polar surface area (TPSA) is 55.1 Å². The number of benzene rings is 1. The number of carboxylic acid groups (broad SMARTS) is 1. The monoisotopic (exact) mass is 278 g/mol. The zero-order chi connectivity index (χ0) is 14.0. The number of halogens is 1. The maximum absolute atomic E-state index is 11.4. The van der Waals surface area contributed by atoms with Gasteiger partial charge in [0, 0.05) is 12.1 Å². The van der Waals surface area contributed by atoms with Gasteiger partial charge in [-0.1, -0.05) is 55.8 Å². The zero-order valence-electron chi connectivity index (χ0n) is 10.8. The summed E-state index contributed by atoms with van der Waals surface area (Å²) in [6.45, 7) is 4.65. The molecule has 2 aromatic rings. The molecular weight excluding hydrogens is 264 g/mol. The zero-order valence-corrected chi connectivity index (χ0v) is 11.6. The molecule has 4 nitrogen and oxygen atoms in total. The van der Waals surface area contributed by atoms with Gasteiger partial charge in [-0.05, 0) is 5.92 Å². The maximum Gasteiger partial charge on any atom is 0.341 e. The van der Waals surface area contributed by atoms with Crippen LogP contribution < -0.4 is 0 Å². The van der Waals surface area contributed by atoms with Crippen molar-refractivity contribution in [3.05, 3.63) is 41.0 Å². The Bertz CT molecular complexity index is 591. The lowest BCUT2D eigenvalue weighted by Gasteiger charge is -2.05. The molecule has 0 saturated heterocycles. The fraction of sp³-hybridized carbons (Fsp3) is 0.286. The van der Waals surface area contributed by atoms with Crippen molar-refractivity contribution in [3.63, 3.8) is 0 Å². The van der Waals surface area contributed by atoms with E-state index in [1.807, 2.05) is 44.2 Å². The van der Waals surface area contributed by atoms with Crippen LogP contribution in [0.5, 0.6) is 0 Å². The Balaban J connectivity index is 2.57. The third-order valence-electron chi connectivity index (χ3n) is 2.69. The van der Waals surface area contributed by atoms with Crippen molar-refractivity contribution in [2.24, 2.45) is 5.92 Å². The Kier molecular flexibility index (Phi) is 3.90. The number of rotatable bonds is 4. The van der Waals surface area contributed by atoms with Gasteiger partial charge in [0.1, 0.15) is 16.4 Å². The molecule has 2 rings (SSSR count). The van der Waals surface area contributed by atoms with Crippen LogP contribution in [-0.2, 0) is 6.54 Å². The predicted octanol–water partition coefficient (Wildman–Crippen LogP) is 3.56. The van der Waals surface area contributed by atoms with E-state index < -0.39 is 5.97 Å². The standard InChI is InChI=1S/C14H15ClN2O2/c1-9(2)8-17-13(15)11(14(18)19)12(16-17)10-6-4-3-5-7-10/h3-7,9H,8H2,1-2H3,(H,18,19). The highest BCUT2D eigenvalue weighted by molar-refractivity contribution is 6.33. The minimum Gasteiger partial charge on any atom is -0.478 e. The van der Waals surface area contributed by atoms with Crippen LogP contribution in [0.3, 0.4) is 0 Å². The first-order chi connectivity index (χ1) is 9.00. The van der Waals surface area contributed by atoms with Gasteiger partial charge < -0.3 is 5.11 Å². The lowest BCUT2D eigenvalue weighted by atomic mass is 10.1. The molecule has 100 valence electrons. The average Bonchev–Trinajstić information content (AvgIpc) is 2.67. The van der Waals surface area contributed by atoms with Crippen molar-refractivity contribution >= 4 is 17.6 Å². The van der Waals surface area contributed by atoms with Crippen LogP contribution >= 0.6 is 11.6 Å². The third-order valence-corrected chi connectivity index (χ3v) is 3.07. The third kappa shape index (κ3) is 2.79. The molecule has 0 bridgehead atoms. The second-order valence-corrected chi connectivity index (χ2v) is 5.12. The molecule has 1 aromatic carbocycles. The first-order valence-corrected chi connectivity index (χ1v) is 6.43. The Morgan fingerprint density at radius 3 is 2.53 bits per heavy atom. The second-order valence-electron chi connectivity index (χ2n) is 4.76. The van der Waals surface area contributed by atoms with Gasteiger partial charge >= 0.3 is 5.97 Å². The molecular formula is C14H15ClN2O2. The lowest BCUT2D eigenvalue weighted by Crippen LogP contribution is -2.06. The number of carboxylic acids is 1. The maximum atomic E-state index is 11.4. The van der Waals surface area contributed by atoms with Crippen LogP contribution in [0.1, 0.15) is 24.2 Å². The van der Waals surface area contributed by atoms with Gasteiger partial charge in [0.15, 0.2) is 0 Å². The SMILES string of the molecule is CC(C)Cn1nc(-c2ccccc2)c(C(=O)O)c1Cl. The molecule has 1 heterocycles. The molecule has 1 aromatic heterocycles. The smallest absolute Gasteiger partial charge is 0.341 e. The van der Waals surface area contributed by atoms with Crippen LogP contribution in [0.25, 0.3) is 11.3 Å². The van der Waals surface area contributed by atoms with Crippen molar-refractivity contribution in [2.75, 3.05) is 0 Å². The normalized spacial score (nSPS) is 10.9. The highest BCUT2D eigenvalue weighted by atomic mass is 35.5. The second kappa shape index (κ2) is 5.45. The van der Waals surface area contributed by atoms with Crippen molar-refractivity contribution < 1.29 is 9.90 Å². The molecule has 0 atom stereocenters. The Hall–Kier alpha value is -1.81. The van der Waals surface area contributed by atoms with Gasteiger partial charge in [-0.15, -0.1) is 0 Å². The predicted molar refractivity (Wildman–Crippen MR) is 74.5 cm³/mol. The average molecular weight is 279 g/mol. The fourth-order valence-electron chi connectivity index (χ4n) is 1.90. The first kappa shape index (κ1) is 13.6. The van der Waals surface area contributed by atoms with E-state index in [1.165, 1.54) is 0 Å². The summed E-state index contributed by atoms with van der Waals surface area (Å²) in [7, 11) is 0. The van der Waals surface area contributed by atoms with Crippen molar-refractivity contribution in [3.8, 4) is 11.3 Å². The molecule has 0 aliphatic heterocycles. The Morgan fingerprint density at radius 2 is 2.00 bits per heavy atom. The summed E-state index contributed by atoms with van der Waals surface area (Å²) in [5.74, 6) is -0.721. The van der Waals surface area contributed by atoms with E-state index in [0.29, 0.717) is 18.2 Å². The van der Waals surface area contributed by atoms with E-state index in [-0.39, 0.29) is 10.7 Å².